The molecule has 0 amide bonds. The van der Waals surface area contributed by atoms with E-state index in [4.69, 9.17) is 21.9 Å². The highest BCUT2D eigenvalue weighted by molar-refractivity contribution is 5.01. The maximum atomic E-state index is 5.65. The summed E-state index contributed by atoms with van der Waals surface area (Å²) in [6, 6.07) is 0. The molecule has 0 radical (unpaired) electrons. The van der Waals surface area contributed by atoms with Crippen molar-refractivity contribution in [3.8, 4) is 0 Å². The lowest BCUT2D eigenvalue weighted by Gasteiger charge is -2.52. The molecule has 1 fully saturated rings. The molecule has 11 heavy (non-hydrogen) atoms. The molecule has 4 nitrogen and oxygen atoms in total. The Balaban J connectivity index is 2.76. The summed E-state index contributed by atoms with van der Waals surface area (Å²) in [5.74, 6) is -0.754. The fourth-order valence-electron chi connectivity index (χ4n) is 1.41. The fourth-order valence-corrected chi connectivity index (χ4v) is 1.41. The van der Waals surface area contributed by atoms with Crippen LogP contribution in [0.3, 0.4) is 0 Å². The molecule has 1 aliphatic rings. The number of hydrogen-bond donors (Lipinski definition) is 3. The monoisotopic (exact) mass is 159 g/mol. The van der Waals surface area contributed by atoms with Crippen LogP contribution in [0.15, 0.2) is 0 Å². The molecule has 0 saturated carbocycles. The van der Waals surface area contributed by atoms with Crippen LogP contribution < -0.4 is 17.2 Å². The minimum Gasteiger partial charge on any atom is -0.380 e. The summed E-state index contributed by atoms with van der Waals surface area (Å²) in [5, 5.41) is 0. The predicted molar refractivity (Wildman–Crippen MR) is 43.4 cm³/mol. The normalized spacial score (nSPS) is 23.5. The lowest BCUT2D eigenvalue weighted by atomic mass is 9.70. The summed E-state index contributed by atoms with van der Waals surface area (Å²) >= 11 is 0. The predicted octanol–water partition coefficient (Wildman–Crippen LogP) is -0.811. The maximum Gasteiger partial charge on any atom is 0.126 e. The molecule has 0 aromatic carbocycles. The zero-order valence-corrected chi connectivity index (χ0v) is 7.13. The Morgan fingerprint density at radius 1 is 1.27 bits per heavy atom. The zero-order valence-electron chi connectivity index (χ0n) is 7.13. The summed E-state index contributed by atoms with van der Waals surface area (Å²) < 4.78 is 5.09. The molecule has 0 unspecified atom stereocenters. The van der Waals surface area contributed by atoms with Gasteiger partial charge in [0.05, 0.1) is 18.6 Å². The molecule has 0 atom stereocenters. The molecule has 0 aliphatic carbocycles. The third-order valence-electron chi connectivity index (χ3n) is 2.69. The fraction of sp³-hybridized carbons (Fsp3) is 1.00. The molecule has 0 aromatic heterocycles. The highest BCUT2D eigenvalue weighted by atomic mass is 16.5. The van der Waals surface area contributed by atoms with Gasteiger partial charge in [0, 0.05) is 0 Å². The van der Waals surface area contributed by atoms with Crippen molar-refractivity contribution in [1.82, 2.24) is 0 Å². The Hall–Kier alpha value is -0.160. The third kappa shape index (κ3) is 1.16. The van der Waals surface area contributed by atoms with E-state index in [1.807, 2.05) is 0 Å². The minimum atomic E-state index is -1.11. The molecule has 1 rings (SSSR count). The Kier molecular flexibility index (Phi) is 1.96. The highest BCUT2D eigenvalue weighted by Gasteiger charge is 2.52. The first-order valence-electron chi connectivity index (χ1n) is 3.84. The van der Waals surface area contributed by atoms with E-state index in [1.54, 1.807) is 0 Å². The van der Waals surface area contributed by atoms with Crippen LogP contribution in [-0.2, 0) is 4.74 Å². The summed E-state index contributed by atoms with van der Waals surface area (Å²) in [7, 11) is 0. The van der Waals surface area contributed by atoms with E-state index >= 15 is 0 Å². The van der Waals surface area contributed by atoms with Crippen molar-refractivity contribution in [3.05, 3.63) is 0 Å². The minimum absolute atomic E-state index is 0.229. The first-order chi connectivity index (χ1) is 4.90. The van der Waals surface area contributed by atoms with Crippen LogP contribution in [0.25, 0.3) is 0 Å². The van der Waals surface area contributed by atoms with Gasteiger partial charge in [0.15, 0.2) is 0 Å². The van der Waals surface area contributed by atoms with E-state index in [2.05, 4.69) is 13.8 Å². The van der Waals surface area contributed by atoms with Gasteiger partial charge in [-0.1, -0.05) is 13.8 Å². The average Bonchev–Trinajstić information content (AvgIpc) is 1.52. The summed E-state index contributed by atoms with van der Waals surface area (Å²) in [5.41, 5.74) is 16.7. The molecule has 1 saturated heterocycles. The quantitative estimate of drug-likeness (QED) is 0.460. The molecule has 66 valence electrons. The maximum absolute atomic E-state index is 5.65. The van der Waals surface area contributed by atoms with Crippen molar-refractivity contribution in [3.63, 3.8) is 0 Å². The van der Waals surface area contributed by atoms with Gasteiger partial charge in [0.2, 0.25) is 0 Å². The summed E-state index contributed by atoms with van der Waals surface area (Å²) in [4.78, 5) is 0. The first kappa shape index (κ1) is 8.93. The van der Waals surface area contributed by atoms with Crippen molar-refractivity contribution in [1.29, 1.82) is 0 Å². The number of hydrogen-bond acceptors (Lipinski definition) is 4. The van der Waals surface area contributed by atoms with Crippen molar-refractivity contribution < 1.29 is 4.74 Å². The van der Waals surface area contributed by atoms with E-state index in [1.165, 1.54) is 0 Å². The van der Waals surface area contributed by atoms with Crippen molar-refractivity contribution >= 4 is 0 Å². The van der Waals surface area contributed by atoms with Crippen molar-refractivity contribution in [2.75, 3.05) is 13.2 Å². The van der Waals surface area contributed by atoms with Gasteiger partial charge in [-0.05, 0) is 5.92 Å². The smallest absolute Gasteiger partial charge is 0.126 e. The van der Waals surface area contributed by atoms with Crippen LogP contribution in [0.1, 0.15) is 13.8 Å². The van der Waals surface area contributed by atoms with Gasteiger partial charge >= 0.3 is 0 Å². The van der Waals surface area contributed by atoms with Crippen LogP contribution in [0, 0.1) is 11.3 Å². The lowest BCUT2D eigenvalue weighted by molar-refractivity contribution is -0.178. The van der Waals surface area contributed by atoms with E-state index in [0.717, 1.165) is 0 Å². The van der Waals surface area contributed by atoms with E-state index < -0.39 is 5.79 Å². The van der Waals surface area contributed by atoms with Gasteiger partial charge in [0.1, 0.15) is 5.79 Å². The molecular weight excluding hydrogens is 142 g/mol. The van der Waals surface area contributed by atoms with Gasteiger partial charge in [-0.25, -0.2) is 0 Å². The zero-order chi connectivity index (χ0) is 8.70. The number of ether oxygens (including phenoxy) is 1. The van der Waals surface area contributed by atoms with E-state index in [9.17, 15) is 0 Å². The van der Waals surface area contributed by atoms with Gasteiger partial charge in [-0.3, -0.25) is 0 Å². The standard InChI is InChI=1S/C7H17N3O/c1-5(2)6(3-11-4-6)7(8,9)10/h5H,3-4,8-10H2,1-2H3. The SMILES string of the molecule is CC(C)C1(C(N)(N)N)COC1. The van der Waals surface area contributed by atoms with Crippen molar-refractivity contribution in [2.45, 2.75) is 19.6 Å². The van der Waals surface area contributed by atoms with Crippen LogP contribution in [-0.4, -0.2) is 19.0 Å². The second-order valence-electron chi connectivity index (χ2n) is 3.74. The van der Waals surface area contributed by atoms with Crippen LogP contribution in [0.2, 0.25) is 0 Å². The number of nitrogens with two attached hydrogens (primary N) is 3. The van der Waals surface area contributed by atoms with E-state index in [0.29, 0.717) is 19.1 Å². The highest BCUT2D eigenvalue weighted by Crippen LogP contribution is 2.39. The summed E-state index contributed by atoms with van der Waals surface area (Å²) in [6.07, 6.45) is 0. The second kappa shape index (κ2) is 2.42. The topological polar surface area (TPSA) is 87.3 Å². The van der Waals surface area contributed by atoms with Crippen LogP contribution in [0.5, 0.6) is 0 Å². The molecule has 4 heteroatoms. The third-order valence-corrected chi connectivity index (χ3v) is 2.69. The van der Waals surface area contributed by atoms with Crippen LogP contribution in [0.4, 0.5) is 0 Å². The van der Waals surface area contributed by atoms with Gasteiger partial charge in [-0.15, -0.1) is 0 Å². The largest absolute Gasteiger partial charge is 0.380 e. The van der Waals surface area contributed by atoms with Crippen molar-refractivity contribution in [2.24, 2.45) is 28.5 Å². The molecule has 0 aromatic rings. The van der Waals surface area contributed by atoms with Gasteiger partial charge < -0.3 is 21.9 Å². The lowest BCUT2D eigenvalue weighted by Crippen LogP contribution is -2.76. The molecule has 1 heterocycles. The molecular formula is C7H17N3O. The second-order valence-corrected chi connectivity index (χ2v) is 3.74. The van der Waals surface area contributed by atoms with Crippen LogP contribution >= 0.6 is 0 Å². The van der Waals surface area contributed by atoms with Gasteiger partial charge in [-0.2, -0.15) is 0 Å². The Morgan fingerprint density at radius 3 is 1.73 bits per heavy atom. The first-order valence-corrected chi connectivity index (χ1v) is 3.84. The molecule has 0 bridgehead atoms. The summed E-state index contributed by atoms with van der Waals surface area (Å²) in [6.45, 7) is 5.27. The number of rotatable bonds is 2. The van der Waals surface area contributed by atoms with E-state index in [-0.39, 0.29) is 5.41 Å². The Labute approximate surface area is 67.1 Å². The average molecular weight is 159 g/mol. The Bertz CT molecular complexity index is 146. The molecule has 0 spiro atoms. The molecule has 6 N–H and O–H groups in total. The Morgan fingerprint density at radius 2 is 1.73 bits per heavy atom. The molecule has 1 aliphatic heterocycles. The van der Waals surface area contributed by atoms with Gasteiger partial charge in [0.25, 0.3) is 0 Å².